The van der Waals surface area contributed by atoms with Crippen molar-refractivity contribution in [2.24, 2.45) is 59.2 Å². The molecule has 9 N–H and O–H groups in total. The minimum atomic E-state index is -0.776. The van der Waals surface area contributed by atoms with Gasteiger partial charge in [-0.05, 0) is 183 Å². The molecule has 4 atom stereocenters. The third-order valence-corrected chi connectivity index (χ3v) is 23.0. The first-order chi connectivity index (χ1) is 50.9. The molecule has 0 radical (unpaired) electrons. The molecule has 12 aliphatic rings. The summed E-state index contributed by atoms with van der Waals surface area (Å²) < 4.78 is 0. The maximum absolute atomic E-state index is 11.5. The Morgan fingerprint density at radius 2 is 0.469 bits per heavy atom. The van der Waals surface area contributed by atoms with Crippen LogP contribution in [0, 0.1) is 148 Å². The predicted molar refractivity (Wildman–Crippen MR) is 550 cm³/mol. The number of rotatable bonds is 16. The van der Waals surface area contributed by atoms with Crippen LogP contribution in [-0.2, 0) is 146 Å². The van der Waals surface area contributed by atoms with E-state index in [4.69, 9.17) is 10.2 Å². The molecular formula is C103H222Fe6N10O11. The number of carbonyl (C=O) groups is 9. The summed E-state index contributed by atoms with van der Waals surface area (Å²) in [5.41, 5.74) is 0. The summed E-state index contributed by atoms with van der Waals surface area (Å²) in [5, 5.41) is 36.2. The Morgan fingerprint density at radius 3 is 0.700 bits per heavy atom. The Morgan fingerprint density at radius 1 is 0.254 bits per heavy atom. The van der Waals surface area contributed by atoms with Crippen molar-refractivity contribution >= 4 is 53.3 Å². The summed E-state index contributed by atoms with van der Waals surface area (Å²) >= 11 is 0. The molecule has 0 bridgehead atoms. The Hall–Kier alpha value is -1.77. The topological polar surface area (TPSA) is 288 Å². The number of nitrogens with zero attached hydrogens (tertiary/aromatic N) is 3. The van der Waals surface area contributed by atoms with Crippen LogP contribution < -0.4 is 37.2 Å². The fraction of sp³-hybridized carbons (Fsp3) is 0.796. The third kappa shape index (κ3) is 101. The van der Waals surface area contributed by atoms with Gasteiger partial charge in [-0.3, -0.25) is 43.2 Å². The maximum Gasteiger partial charge on any atom is 2.00 e. The second kappa shape index (κ2) is 125. The van der Waals surface area contributed by atoms with Crippen molar-refractivity contribution in [1.29, 1.82) is 0 Å². The molecule has 130 heavy (non-hydrogen) atoms. The number of likely N-dealkylation sites (N-methyl/N-ethyl adjacent to an activating group) is 1. The Kier molecular flexibility index (Phi) is 184. The van der Waals surface area contributed by atoms with Gasteiger partial charge in [0.25, 0.3) is 0 Å². The first kappa shape index (κ1) is 191. The molecule has 12 aliphatic carbocycles. The summed E-state index contributed by atoms with van der Waals surface area (Å²) in [6.45, 7) is 5.71. The third-order valence-electron chi connectivity index (χ3n) is 23.0. The molecule has 7 amide bonds. The van der Waals surface area contributed by atoms with Crippen molar-refractivity contribution in [2.45, 2.75) is 372 Å². The predicted octanol–water partition coefficient (Wildman–Crippen LogP) is 23.7. The second-order valence-electron chi connectivity index (χ2n) is 33.0. The van der Waals surface area contributed by atoms with Crippen LogP contribution in [-0.4, -0.2) is 188 Å². The van der Waals surface area contributed by atoms with Gasteiger partial charge in [-0.15, -0.1) is 0 Å². The molecule has 0 aromatic carbocycles. The Balaban J connectivity index is -0.0000000425. The van der Waals surface area contributed by atoms with Crippen molar-refractivity contribution < 1.29 is 156 Å². The molecule has 21 nitrogen and oxygen atoms in total. The van der Waals surface area contributed by atoms with E-state index in [9.17, 15) is 43.2 Å². The summed E-state index contributed by atoms with van der Waals surface area (Å²) in [6, 6.07) is 0.488. The second-order valence-corrected chi connectivity index (χ2v) is 33.0. The number of carboxylic acid groups (broad SMARTS) is 2. The molecule has 0 aromatic heterocycles. The molecule has 12 fully saturated rings. The molecule has 0 aromatic rings. The number of carbonyl (C=O) groups excluding carboxylic acids is 7. The number of amides is 7. The van der Waals surface area contributed by atoms with Gasteiger partial charge in [0, 0.05) is 110 Å². The first-order valence-corrected chi connectivity index (χ1v) is 42.9. The minimum Gasteiger partial charge on any atom is -0.481 e. The fourth-order valence-corrected chi connectivity index (χ4v) is 16.7. The van der Waals surface area contributed by atoms with Crippen LogP contribution in [0.5, 0.6) is 0 Å². The zero-order valence-corrected chi connectivity index (χ0v) is 90.5. The van der Waals surface area contributed by atoms with Gasteiger partial charge >= 0.3 is 114 Å². The number of aliphatic carboxylic acids is 2. The molecule has 0 saturated heterocycles. The molecule has 798 valence electrons. The molecule has 12 saturated carbocycles. The van der Waals surface area contributed by atoms with Crippen molar-refractivity contribution in [3.05, 3.63) is 89.1 Å². The molecule has 12 rings (SSSR count). The van der Waals surface area contributed by atoms with E-state index < -0.39 is 11.9 Å². The van der Waals surface area contributed by atoms with Gasteiger partial charge in [0.05, 0.1) is 11.8 Å². The van der Waals surface area contributed by atoms with E-state index in [0.29, 0.717) is 49.0 Å². The minimum absolute atomic E-state index is 0. The normalized spacial score (nSPS) is 18.4. The van der Waals surface area contributed by atoms with Crippen molar-refractivity contribution in [1.82, 2.24) is 51.9 Å². The van der Waals surface area contributed by atoms with E-state index in [0.717, 1.165) is 121 Å². The average Bonchev–Trinajstić information content (AvgIpc) is 1.96. The van der Waals surface area contributed by atoms with Gasteiger partial charge < -0.3 is 151 Å². The molecular weight excluding hydrogens is 1890 g/mol. The summed E-state index contributed by atoms with van der Waals surface area (Å²) in [4.78, 5) is 104. The van der Waals surface area contributed by atoms with Crippen molar-refractivity contribution in [2.75, 3.05) is 104 Å². The summed E-state index contributed by atoms with van der Waals surface area (Å²) in [7, 11) is 21.0. The van der Waals surface area contributed by atoms with E-state index in [1.165, 1.54) is 212 Å². The number of hydrogen-bond acceptors (Lipinski definition) is 12. The zero-order valence-electron chi connectivity index (χ0n) is 83.9. The molecule has 4 unspecified atom stereocenters. The molecule has 27 heteroatoms. The van der Waals surface area contributed by atoms with Gasteiger partial charge in [-0.1, -0.05) is 231 Å². The molecule has 0 heterocycles. The summed E-state index contributed by atoms with van der Waals surface area (Å²) in [5.74, 6) is 2.76. The van der Waals surface area contributed by atoms with Crippen LogP contribution >= 0.6 is 0 Å². The van der Waals surface area contributed by atoms with Crippen LogP contribution in [0.4, 0.5) is 0 Å². The van der Waals surface area contributed by atoms with Crippen molar-refractivity contribution in [3.63, 3.8) is 0 Å². The number of carboxylic acids is 2. The maximum atomic E-state index is 11.5. The van der Waals surface area contributed by atoms with E-state index in [1.807, 2.05) is 14.1 Å². The van der Waals surface area contributed by atoms with Crippen LogP contribution in [0.2, 0.25) is 0 Å². The van der Waals surface area contributed by atoms with E-state index >= 15 is 0 Å². The Labute approximate surface area is 878 Å². The van der Waals surface area contributed by atoms with E-state index in [1.54, 1.807) is 42.2 Å². The Bertz CT molecular complexity index is 2200. The SMILES string of the molecule is C.C.C.C.C.C.C1CCCC1.C1CCCC1.C1CCCC1.CC(=O)NC1CCCC1.CN(C)CC1CCCC1.CN(C)CCNC(=O)C1CCCC1.CNC(=O)C1CCC(C(=O)O)C1.CNC(=O)C1CCC(CN(C)C)C1.CNC(=O)C1CCCC1.CNC(=O)C1CCCC1.CNC(=O)C1CCCC1.O=C(O)C1CCCC1.[CH3-].[CH3-].[CH3-].[CH3-].[CH3-].[CH3-].[CH3-].[CH3-].[CH3-].[CH3-].[CH3-].[CH3-].[Fe+2].[Fe+2].[Fe+2].[Fe+2].[Fe+2].[Fe+2]. The van der Waals surface area contributed by atoms with Gasteiger partial charge in [0.1, 0.15) is 0 Å². The molecule has 0 spiro atoms. The van der Waals surface area contributed by atoms with Crippen LogP contribution in [0.1, 0.15) is 366 Å². The monoisotopic (exact) mass is 2110 g/mol. The van der Waals surface area contributed by atoms with Crippen molar-refractivity contribution in [3.8, 4) is 0 Å². The fourth-order valence-electron chi connectivity index (χ4n) is 16.7. The smallest absolute Gasteiger partial charge is 0.481 e. The quantitative estimate of drug-likeness (QED) is 0.0513. The van der Waals surface area contributed by atoms with Crippen LogP contribution in [0.15, 0.2) is 0 Å². The molecule has 0 aliphatic heterocycles. The largest absolute Gasteiger partial charge is 2.00 e. The zero-order chi connectivity index (χ0) is 78.7. The van der Waals surface area contributed by atoms with Gasteiger partial charge in [-0.2, -0.15) is 0 Å². The van der Waals surface area contributed by atoms with Crippen LogP contribution in [0.3, 0.4) is 0 Å². The van der Waals surface area contributed by atoms with Gasteiger partial charge in [-0.25, -0.2) is 0 Å². The number of nitrogens with one attached hydrogen (secondary N) is 7. The standard InChI is InChI=1S/2C10H20N2O.C8H13NO3.C8H17N.4C7H13NO.C6H10O2.3C5H10.6CH4.12CH3.6Fe/c1-11-10(13)9-5-4-8(6-9)7-12(2)3;1-12(2)8-7-11-10(13)9-5-3-4-6-9;1-9-7(10)5-2-3-6(4-5)8(11)12;1-9(2)7-8-5-3-4-6-8;3*1-8-7(9)6-4-2-3-5-6;1-6(9)8-7-4-2-3-5-7;7-6(8)5-3-1-2-4-5;3*1-2-4-5-3-1;;;;;;;;;;;;;;;;;;;;;;;;/h8-9H,4-7H2,1-3H3,(H,11,13);9H,3-8H2,1-2H3,(H,11,13);5-6H,2-4H2,1H3,(H,9,10)(H,11,12);8H,3-7H2,1-2H3;3*6H,2-5H2,1H3,(H,8,9);7H,2-5H2,1H3,(H,8,9);5H,1-4H2,(H,7,8);3*1-5H2;6*1H4;12*1H3;;;;;;/q;;;;;;;;;;;;;;;;;;12*-1;6*+2. The van der Waals surface area contributed by atoms with Gasteiger partial charge in [0.2, 0.25) is 41.4 Å². The average molecular weight is 2110 g/mol. The first-order valence-electron chi connectivity index (χ1n) is 42.9. The van der Waals surface area contributed by atoms with Gasteiger partial charge in [0.15, 0.2) is 0 Å². The van der Waals surface area contributed by atoms with E-state index in [-0.39, 0.29) is 301 Å². The number of hydrogen-bond donors (Lipinski definition) is 9. The van der Waals surface area contributed by atoms with E-state index in [2.05, 4.69) is 80.1 Å². The van der Waals surface area contributed by atoms with Crippen LogP contribution in [0.25, 0.3) is 0 Å². The summed E-state index contributed by atoms with van der Waals surface area (Å²) in [6.07, 6.45) is 61.1.